The van der Waals surface area contributed by atoms with E-state index >= 15 is 0 Å². The standard InChI is InChI=1S/C30H26N2O3S/c33-29(34)16-13-25-18-32(19-28(25)23-7-3-1-4-8-23)17-22-11-14-27(15-12-22)35-20-26-21-36-30(31-26)24-9-5-2-6-10-24/h1-12,14-15,18-19,21H,13,16-17,20H2,(H,33,34). The normalized spacial score (nSPS) is 10.9. The van der Waals surface area contributed by atoms with Crippen LogP contribution in [-0.4, -0.2) is 20.6 Å². The highest BCUT2D eigenvalue weighted by Crippen LogP contribution is 2.27. The molecule has 2 aromatic heterocycles. The maximum absolute atomic E-state index is 11.1. The second-order valence-corrected chi connectivity index (χ2v) is 9.43. The Morgan fingerprint density at radius 3 is 2.28 bits per heavy atom. The average Bonchev–Trinajstić information content (AvgIpc) is 3.55. The summed E-state index contributed by atoms with van der Waals surface area (Å²) in [5.74, 6) is 0.0129. The van der Waals surface area contributed by atoms with Crippen LogP contribution < -0.4 is 4.74 Å². The van der Waals surface area contributed by atoms with Crippen LogP contribution in [0.15, 0.2) is 103 Å². The summed E-state index contributed by atoms with van der Waals surface area (Å²) in [7, 11) is 0. The molecule has 0 saturated carbocycles. The van der Waals surface area contributed by atoms with Gasteiger partial charge in [-0.1, -0.05) is 72.8 Å². The molecule has 2 heterocycles. The third-order valence-electron chi connectivity index (χ3n) is 5.90. The lowest BCUT2D eigenvalue weighted by Gasteiger charge is -2.07. The molecule has 5 nitrogen and oxygen atoms in total. The molecule has 6 heteroatoms. The Bertz CT molecular complexity index is 1420. The molecule has 3 aromatic carbocycles. The summed E-state index contributed by atoms with van der Waals surface area (Å²) in [6.07, 6.45) is 4.77. The van der Waals surface area contributed by atoms with Crippen LogP contribution in [0, 0.1) is 0 Å². The number of rotatable bonds is 10. The van der Waals surface area contributed by atoms with Crippen molar-refractivity contribution in [2.24, 2.45) is 0 Å². The van der Waals surface area contributed by atoms with Crippen molar-refractivity contribution >= 4 is 17.3 Å². The molecule has 0 amide bonds. The van der Waals surface area contributed by atoms with E-state index in [1.54, 1.807) is 11.3 Å². The lowest BCUT2D eigenvalue weighted by Crippen LogP contribution is -1.99. The Morgan fingerprint density at radius 2 is 1.58 bits per heavy atom. The molecule has 36 heavy (non-hydrogen) atoms. The lowest BCUT2D eigenvalue weighted by molar-refractivity contribution is -0.136. The SMILES string of the molecule is O=C(O)CCc1cn(Cc2ccc(OCc3csc(-c4ccccc4)n3)cc2)cc1-c1ccccc1. The van der Waals surface area contributed by atoms with Gasteiger partial charge >= 0.3 is 5.97 Å². The first-order valence-corrected chi connectivity index (χ1v) is 12.7. The fourth-order valence-corrected chi connectivity index (χ4v) is 4.92. The number of thiazole rings is 1. The number of carboxylic acid groups (broad SMARTS) is 1. The van der Waals surface area contributed by atoms with Crippen molar-refractivity contribution in [1.29, 1.82) is 0 Å². The molecule has 0 aliphatic heterocycles. The number of nitrogens with zero attached hydrogens (tertiary/aromatic N) is 2. The zero-order chi connectivity index (χ0) is 24.7. The van der Waals surface area contributed by atoms with Crippen molar-refractivity contribution in [3.05, 3.63) is 120 Å². The van der Waals surface area contributed by atoms with Crippen molar-refractivity contribution in [2.75, 3.05) is 0 Å². The van der Waals surface area contributed by atoms with E-state index in [1.165, 1.54) is 0 Å². The molecule has 0 aliphatic carbocycles. The molecule has 0 bridgehead atoms. The van der Waals surface area contributed by atoms with E-state index in [-0.39, 0.29) is 6.42 Å². The molecule has 5 aromatic rings. The van der Waals surface area contributed by atoms with Crippen molar-refractivity contribution < 1.29 is 14.6 Å². The van der Waals surface area contributed by atoms with E-state index in [2.05, 4.69) is 58.3 Å². The van der Waals surface area contributed by atoms with Crippen LogP contribution in [0.5, 0.6) is 5.75 Å². The quantitative estimate of drug-likeness (QED) is 0.229. The summed E-state index contributed by atoms with van der Waals surface area (Å²) >= 11 is 1.62. The Labute approximate surface area is 214 Å². The summed E-state index contributed by atoms with van der Waals surface area (Å²) in [6, 6.07) is 28.3. The molecule has 1 N–H and O–H groups in total. The Kier molecular flexibility index (Phi) is 7.24. The first-order chi connectivity index (χ1) is 17.6. The zero-order valence-electron chi connectivity index (χ0n) is 19.7. The molecule has 0 fully saturated rings. The maximum atomic E-state index is 11.1. The van der Waals surface area contributed by atoms with Crippen LogP contribution in [-0.2, 0) is 24.4 Å². The first-order valence-electron chi connectivity index (χ1n) is 11.8. The van der Waals surface area contributed by atoms with Gasteiger partial charge in [0.2, 0.25) is 0 Å². The lowest BCUT2D eigenvalue weighted by atomic mass is 10.0. The van der Waals surface area contributed by atoms with Crippen LogP contribution in [0.4, 0.5) is 0 Å². The van der Waals surface area contributed by atoms with Crippen LogP contribution in [0.2, 0.25) is 0 Å². The number of aromatic nitrogens is 2. The minimum atomic E-state index is -0.786. The van der Waals surface area contributed by atoms with Crippen molar-refractivity contribution in [1.82, 2.24) is 9.55 Å². The highest BCUT2D eigenvalue weighted by molar-refractivity contribution is 7.13. The minimum Gasteiger partial charge on any atom is -0.487 e. The Hall–Kier alpha value is -4.16. The van der Waals surface area contributed by atoms with E-state index < -0.39 is 5.97 Å². The van der Waals surface area contributed by atoms with Gasteiger partial charge in [0.25, 0.3) is 0 Å². The van der Waals surface area contributed by atoms with Crippen molar-refractivity contribution in [3.8, 4) is 27.4 Å². The number of ether oxygens (including phenoxy) is 1. The molecule has 5 rings (SSSR count). The van der Waals surface area contributed by atoms with Gasteiger partial charge in [-0.3, -0.25) is 4.79 Å². The Morgan fingerprint density at radius 1 is 0.889 bits per heavy atom. The van der Waals surface area contributed by atoms with Crippen molar-refractivity contribution in [3.63, 3.8) is 0 Å². The van der Waals surface area contributed by atoms with Gasteiger partial charge in [0.15, 0.2) is 0 Å². The summed E-state index contributed by atoms with van der Waals surface area (Å²) in [6.45, 7) is 1.12. The molecule has 0 aliphatic rings. The van der Waals surface area contributed by atoms with Crippen molar-refractivity contribution in [2.45, 2.75) is 26.0 Å². The van der Waals surface area contributed by atoms with Gasteiger partial charge in [0, 0.05) is 41.9 Å². The number of aryl methyl sites for hydroxylation is 1. The fourth-order valence-electron chi connectivity index (χ4n) is 4.11. The molecule has 0 unspecified atom stereocenters. The fraction of sp³-hybridized carbons (Fsp3) is 0.133. The van der Waals surface area contributed by atoms with Gasteiger partial charge in [-0.2, -0.15) is 0 Å². The van der Waals surface area contributed by atoms with E-state index in [4.69, 9.17) is 9.84 Å². The van der Waals surface area contributed by atoms with E-state index in [1.807, 2.05) is 53.9 Å². The van der Waals surface area contributed by atoms with E-state index in [0.717, 1.165) is 44.3 Å². The second kappa shape index (κ2) is 11.1. The number of aliphatic carboxylic acids is 1. The van der Waals surface area contributed by atoms with E-state index in [0.29, 0.717) is 19.6 Å². The third-order valence-corrected chi connectivity index (χ3v) is 6.84. The minimum absolute atomic E-state index is 0.113. The van der Waals surface area contributed by atoms with E-state index in [9.17, 15) is 4.79 Å². The third kappa shape index (κ3) is 5.90. The molecule has 180 valence electrons. The topological polar surface area (TPSA) is 64.3 Å². The number of hydrogen-bond acceptors (Lipinski definition) is 4. The predicted octanol–water partition coefficient (Wildman–Crippen LogP) is 6.92. The van der Waals surface area contributed by atoms with Gasteiger partial charge in [0.05, 0.1) is 5.69 Å². The summed E-state index contributed by atoms with van der Waals surface area (Å²) in [5.41, 5.74) is 6.39. The van der Waals surface area contributed by atoms with Gasteiger partial charge in [0.1, 0.15) is 17.4 Å². The van der Waals surface area contributed by atoms with Crippen LogP contribution in [0.25, 0.3) is 21.7 Å². The summed E-state index contributed by atoms with van der Waals surface area (Å²) in [4.78, 5) is 15.8. The largest absolute Gasteiger partial charge is 0.487 e. The van der Waals surface area contributed by atoms with Gasteiger partial charge < -0.3 is 14.4 Å². The Balaban J connectivity index is 1.23. The van der Waals surface area contributed by atoms with Crippen LogP contribution in [0.3, 0.4) is 0 Å². The van der Waals surface area contributed by atoms with Gasteiger partial charge in [-0.15, -0.1) is 11.3 Å². The monoisotopic (exact) mass is 494 g/mol. The predicted molar refractivity (Wildman–Crippen MR) is 143 cm³/mol. The van der Waals surface area contributed by atoms with Crippen LogP contribution in [0.1, 0.15) is 23.2 Å². The van der Waals surface area contributed by atoms with Gasteiger partial charge in [-0.05, 0) is 35.2 Å². The smallest absolute Gasteiger partial charge is 0.303 e. The number of hydrogen-bond donors (Lipinski definition) is 1. The number of carbonyl (C=O) groups is 1. The number of carboxylic acids is 1. The summed E-state index contributed by atoms with van der Waals surface area (Å²) < 4.78 is 8.08. The zero-order valence-corrected chi connectivity index (χ0v) is 20.5. The molecular weight excluding hydrogens is 468 g/mol. The average molecular weight is 495 g/mol. The highest BCUT2D eigenvalue weighted by Gasteiger charge is 2.11. The van der Waals surface area contributed by atoms with Gasteiger partial charge in [-0.25, -0.2) is 4.98 Å². The molecular formula is C30H26N2O3S. The molecule has 0 atom stereocenters. The molecule has 0 spiro atoms. The second-order valence-electron chi connectivity index (χ2n) is 8.57. The number of benzene rings is 3. The molecule has 0 saturated heterocycles. The first kappa shape index (κ1) is 23.6. The summed E-state index contributed by atoms with van der Waals surface area (Å²) in [5, 5.41) is 12.2. The van der Waals surface area contributed by atoms with Crippen LogP contribution >= 0.6 is 11.3 Å². The highest BCUT2D eigenvalue weighted by atomic mass is 32.1. The maximum Gasteiger partial charge on any atom is 0.303 e. The molecule has 0 radical (unpaired) electrons.